The van der Waals surface area contributed by atoms with Crippen molar-refractivity contribution in [1.29, 1.82) is 0 Å². The lowest BCUT2D eigenvalue weighted by Crippen LogP contribution is -2.33. The summed E-state index contributed by atoms with van der Waals surface area (Å²) in [5.74, 6) is 0.0646. The third-order valence-corrected chi connectivity index (χ3v) is 2.64. The van der Waals surface area contributed by atoms with Crippen LogP contribution >= 0.6 is 12.2 Å². The highest BCUT2D eigenvalue weighted by atomic mass is 32.1. The van der Waals surface area contributed by atoms with Crippen LogP contribution in [0.25, 0.3) is 0 Å². The molecule has 2 N–H and O–H groups in total. The predicted octanol–water partition coefficient (Wildman–Crippen LogP) is 1.72. The lowest BCUT2D eigenvalue weighted by Gasteiger charge is -2.20. The van der Waals surface area contributed by atoms with Gasteiger partial charge in [-0.15, -0.1) is 0 Å². The molecule has 0 spiro atoms. The first-order valence-corrected chi connectivity index (χ1v) is 6.60. The molecule has 0 heterocycles. The van der Waals surface area contributed by atoms with E-state index in [1.54, 1.807) is 11.8 Å². The van der Waals surface area contributed by atoms with Crippen molar-refractivity contribution in [3.05, 3.63) is 0 Å². The number of nitrogens with two attached hydrogens (primary N) is 1. The Labute approximate surface area is 109 Å². The Morgan fingerprint density at radius 2 is 1.94 bits per heavy atom. The molecule has 0 saturated carbocycles. The molecule has 100 valence electrons. The number of amides is 1. The summed E-state index contributed by atoms with van der Waals surface area (Å²) in [6.07, 6.45) is 3.69. The van der Waals surface area contributed by atoms with Crippen LogP contribution in [-0.2, 0) is 9.53 Å². The average molecular weight is 260 g/mol. The van der Waals surface area contributed by atoms with Gasteiger partial charge in [0.2, 0.25) is 5.91 Å². The minimum atomic E-state index is 0.0646. The van der Waals surface area contributed by atoms with Gasteiger partial charge in [-0.25, -0.2) is 0 Å². The van der Waals surface area contributed by atoms with Crippen LogP contribution < -0.4 is 5.73 Å². The molecule has 0 fully saturated rings. The van der Waals surface area contributed by atoms with Crippen molar-refractivity contribution < 1.29 is 9.53 Å². The van der Waals surface area contributed by atoms with Crippen LogP contribution in [0.2, 0.25) is 0 Å². The van der Waals surface area contributed by atoms with Crippen LogP contribution in [0.1, 0.15) is 39.5 Å². The third kappa shape index (κ3) is 10.2. The molecule has 0 aliphatic carbocycles. The van der Waals surface area contributed by atoms with E-state index in [0.29, 0.717) is 31.1 Å². The molecule has 0 aromatic rings. The van der Waals surface area contributed by atoms with Crippen molar-refractivity contribution in [2.24, 2.45) is 5.73 Å². The summed E-state index contributed by atoms with van der Waals surface area (Å²) >= 11 is 4.80. The largest absolute Gasteiger partial charge is 0.393 e. The summed E-state index contributed by atoms with van der Waals surface area (Å²) < 4.78 is 5.44. The molecule has 17 heavy (non-hydrogen) atoms. The number of hydrogen-bond donors (Lipinski definition) is 1. The van der Waals surface area contributed by atoms with Gasteiger partial charge in [0.25, 0.3) is 0 Å². The van der Waals surface area contributed by atoms with Gasteiger partial charge in [0, 0.05) is 39.6 Å². The Bertz CT molecular complexity index is 235. The van der Waals surface area contributed by atoms with E-state index in [0.717, 1.165) is 25.9 Å². The summed E-state index contributed by atoms with van der Waals surface area (Å²) in [5.41, 5.74) is 5.42. The second-order valence-corrected chi connectivity index (χ2v) is 4.57. The van der Waals surface area contributed by atoms with E-state index in [9.17, 15) is 4.79 Å². The van der Waals surface area contributed by atoms with Crippen molar-refractivity contribution in [2.45, 2.75) is 39.5 Å². The summed E-state index contributed by atoms with van der Waals surface area (Å²) in [5, 5.41) is 0. The molecule has 0 radical (unpaired) electrons. The van der Waals surface area contributed by atoms with E-state index in [2.05, 4.69) is 6.92 Å². The van der Waals surface area contributed by atoms with Gasteiger partial charge < -0.3 is 15.4 Å². The van der Waals surface area contributed by atoms with Crippen molar-refractivity contribution in [1.82, 2.24) is 4.90 Å². The van der Waals surface area contributed by atoms with E-state index in [4.69, 9.17) is 22.7 Å². The second kappa shape index (κ2) is 10.5. The monoisotopic (exact) mass is 260 g/mol. The number of rotatable bonds is 10. The average Bonchev–Trinajstić information content (AvgIpc) is 2.26. The molecule has 0 aliphatic rings. The molecule has 4 nitrogen and oxygen atoms in total. The van der Waals surface area contributed by atoms with Gasteiger partial charge in [0.1, 0.15) is 0 Å². The van der Waals surface area contributed by atoms with E-state index >= 15 is 0 Å². The number of carbonyl (C=O) groups excluding carboxylic acids is 1. The van der Waals surface area contributed by atoms with Crippen LogP contribution in [-0.4, -0.2) is 42.1 Å². The van der Waals surface area contributed by atoms with E-state index in [1.807, 2.05) is 0 Å². The highest BCUT2D eigenvalue weighted by molar-refractivity contribution is 7.80. The number of unbranched alkanes of at least 4 members (excludes halogenated alkanes) is 1. The zero-order chi connectivity index (χ0) is 13.1. The number of nitrogens with zero attached hydrogens (tertiary/aromatic N) is 1. The Balaban J connectivity index is 3.63. The van der Waals surface area contributed by atoms with Crippen molar-refractivity contribution in [2.75, 3.05) is 26.3 Å². The fourth-order valence-electron chi connectivity index (χ4n) is 1.38. The van der Waals surface area contributed by atoms with Crippen LogP contribution in [0.3, 0.4) is 0 Å². The molecular formula is C12H24N2O2S. The first-order valence-electron chi connectivity index (χ1n) is 6.19. The van der Waals surface area contributed by atoms with Gasteiger partial charge in [0.05, 0.1) is 4.99 Å². The molecular weight excluding hydrogens is 236 g/mol. The van der Waals surface area contributed by atoms with Crippen molar-refractivity contribution in [3.63, 3.8) is 0 Å². The van der Waals surface area contributed by atoms with Gasteiger partial charge in [-0.05, 0) is 12.8 Å². The second-order valence-electron chi connectivity index (χ2n) is 4.04. The molecule has 0 atom stereocenters. The van der Waals surface area contributed by atoms with Crippen LogP contribution in [0.5, 0.6) is 0 Å². The Kier molecular flexibility index (Phi) is 10.1. The summed E-state index contributed by atoms with van der Waals surface area (Å²) in [4.78, 5) is 13.5. The van der Waals surface area contributed by atoms with Gasteiger partial charge in [-0.3, -0.25) is 4.79 Å². The minimum Gasteiger partial charge on any atom is -0.393 e. The molecule has 0 rings (SSSR count). The van der Waals surface area contributed by atoms with Crippen LogP contribution in [0.15, 0.2) is 0 Å². The van der Waals surface area contributed by atoms with Gasteiger partial charge in [-0.2, -0.15) is 0 Å². The zero-order valence-electron chi connectivity index (χ0n) is 10.9. The number of hydrogen-bond acceptors (Lipinski definition) is 3. The first-order chi connectivity index (χ1) is 8.07. The van der Waals surface area contributed by atoms with Crippen molar-refractivity contribution in [3.8, 4) is 0 Å². The number of thiocarbonyl (C=S) groups is 1. The summed E-state index contributed by atoms with van der Waals surface area (Å²) in [6.45, 7) is 6.54. The Hall–Kier alpha value is -0.680. The fraction of sp³-hybridized carbons (Fsp3) is 0.833. The summed E-state index contributed by atoms with van der Waals surface area (Å²) in [6, 6.07) is 0. The zero-order valence-corrected chi connectivity index (χ0v) is 11.7. The van der Waals surface area contributed by atoms with Gasteiger partial charge in [-0.1, -0.05) is 25.6 Å². The third-order valence-electron chi connectivity index (χ3n) is 2.43. The lowest BCUT2D eigenvalue weighted by atomic mass is 10.3. The molecule has 0 bridgehead atoms. The van der Waals surface area contributed by atoms with Gasteiger partial charge in [0.15, 0.2) is 0 Å². The maximum atomic E-state index is 11.3. The molecule has 0 aromatic carbocycles. The molecule has 5 heteroatoms. The number of carbonyl (C=O) groups is 1. The Morgan fingerprint density at radius 1 is 1.29 bits per heavy atom. The maximum Gasteiger partial charge on any atom is 0.219 e. The first kappa shape index (κ1) is 16.3. The molecule has 1 amide bonds. The van der Waals surface area contributed by atoms with E-state index in [-0.39, 0.29) is 5.91 Å². The lowest BCUT2D eigenvalue weighted by molar-refractivity contribution is -0.128. The van der Waals surface area contributed by atoms with Crippen LogP contribution in [0.4, 0.5) is 0 Å². The normalized spacial score (nSPS) is 10.2. The SMILES string of the molecule is CCCCOCCCN(CCC(N)=S)C(C)=O. The topological polar surface area (TPSA) is 55.6 Å². The molecule has 0 unspecified atom stereocenters. The minimum absolute atomic E-state index is 0.0646. The highest BCUT2D eigenvalue weighted by Gasteiger charge is 2.08. The highest BCUT2D eigenvalue weighted by Crippen LogP contribution is 1.97. The fourth-order valence-corrected chi connectivity index (χ4v) is 1.47. The summed E-state index contributed by atoms with van der Waals surface area (Å²) in [7, 11) is 0. The number of ether oxygens (including phenoxy) is 1. The molecule has 0 saturated heterocycles. The Morgan fingerprint density at radius 3 is 2.47 bits per heavy atom. The van der Waals surface area contributed by atoms with E-state index < -0.39 is 0 Å². The smallest absolute Gasteiger partial charge is 0.219 e. The van der Waals surface area contributed by atoms with E-state index in [1.165, 1.54) is 0 Å². The maximum absolute atomic E-state index is 11.3. The van der Waals surface area contributed by atoms with Gasteiger partial charge >= 0.3 is 0 Å². The molecule has 0 aromatic heterocycles. The molecule has 0 aliphatic heterocycles. The van der Waals surface area contributed by atoms with Crippen LogP contribution in [0, 0.1) is 0 Å². The van der Waals surface area contributed by atoms with Crippen molar-refractivity contribution >= 4 is 23.1 Å². The predicted molar refractivity (Wildman–Crippen MR) is 74.0 cm³/mol. The quantitative estimate of drug-likeness (QED) is 0.480. The standard InChI is InChI=1S/C12H24N2O2S/c1-3-4-9-16-10-5-7-14(11(2)15)8-6-12(13)17/h3-10H2,1-2H3,(H2,13,17).